The van der Waals surface area contributed by atoms with E-state index >= 15 is 0 Å². The molecule has 12 aromatic rings. The van der Waals surface area contributed by atoms with Gasteiger partial charge in [0.2, 0.25) is 0 Å². The number of rotatable bonds is 8. The number of hydrogen-bond acceptors (Lipinski definition) is 6. The van der Waals surface area contributed by atoms with Crippen molar-refractivity contribution in [2.75, 3.05) is 0 Å². The molecule has 0 fully saturated rings. The van der Waals surface area contributed by atoms with Gasteiger partial charge in [0, 0.05) is 66.8 Å². The lowest BCUT2D eigenvalue weighted by atomic mass is 9.63. The summed E-state index contributed by atoms with van der Waals surface area (Å²) in [6.07, 6.45) is 1.91. The van der Waals surface area contributed by atoms with Crippen molar-refractivity contribution in [1.82, 2.24) is 0 Å². The summed E-state index contributed by atoms with van der Waals surface area (Å²) >= 11 is 0. The molecule has 0 atom stereocenters. The molecule has 6 nitrogen and oxygen atoms in total. The van der Waals surface area contributed by atoms with Gasteiger partial charge in [-0.1, -0.05) is 146 Å². The van der Waals surface area contributed by atoms with Crippen LogP contribution in [0, 0.1) is 27.7 Å². The van der Waals surface area contributed by atoms with Gasteiger partial charge >= 0.3 is 16.5 Å². The molecule has 3 aliphatic carbocycles. The minimum Gasteiger partial charge on any atom is -0.390 e. The highest BCUT2D eigenvalue weighted by molar-refractivity contribution is 7.32. The molecule has 2 heterocycles. The van der Waals surface area contributed by atoms with Gasteiger partial charge < -0.3 is 25.8 Å². The van der Waals surface area contributed by atoms with Gasteiger partial charge in [-0.25, -0.2) is 0 Å². The van der Waals surface area contributed by atoms with Gasteiger partial charge in [-0.2, -0.15) is 0 Å². The van der Waals surface area contributed by atoms with E-state index in [-0.39, 0.29) is 11.8 Å². The Bertz CT molecular complexity index is 3850. The van der Waals surface area contributed by atoms with Crippen molar-refractivity contribution in [2.24, 2.45) is 0 Å². The first-order chi connectivity index (χ1) is 37.3. The van der Waals surface area contributed by atoms with E-state index in [1.165, 1.54) is 11.1 Å². The number of benzene rings is 10. The maximum Gasteiger partial charge on any atom is 0.453 e. The van der Waals surface area contributed by atoms with E-state index in [0.717, 1.165) is 146 Å². The highest BCUT2D eigenvalue weighted by Crippen LogP contribution is 2.59. The Labute approximate surface area is 443 Å². The van der Waals surface area contributed by atoms with Crippen molar-refractivity contribution in [3.05, 3.63) is 251 Å². The summed E-state index contributed by atoms with van der Waals surface area (Å²) in [6.45, 7) is 8.58. The van der Waals surface area contributed by atoms with Crippen molar-refractivity contribution in [3.63, 3.8) is 0 Å². The Morgan fingerprint density at radius 3 is 0.921 bits per heavy atom. The minimum absolute atomic E-state index is 0.0550. The Kier molecular flexibility index (Phi) is 11.4. The van der Waals surface area contributed by atoms with Crippen LogP contribution in [0.25, 0.3) is 88.4 Å². The van der Waals surface area contributed by atoms with Crippen LogP contribution in [0.3, 0.4) is 0 Å². The molecule has 0 saturated carbocycles. The molecule has 0 N–H and O–H groups in total. The Morgan fingerprint density at radius 2 is 0.618 bits per heavy atom. The second-order valence-corrected chi connectivity index (χ2v) is 22.4. The minimum atomic E-state index is -2.06. The van der Waals surface area contributed by atoms with E-state index in [1.54, 1.807) is 0 Å². The summed E-state index contributed by atoms with van der Waals surface area (Å²) in [4.78, 5) is 0. The average molecular weight is 1030 g/mol. The molecule has 2 aromatic heterocycles. The van der Waals surface area contributed by atoms with Crippen LogP contribution < -0.4 is 9.05 Å². The molecule has 8 heteroatoms. The van der Waals surface area contributed by atoms with E-state index in [0.29, 0.717) is 0 Å². The molecule has 2 bridgehead atoms. The van der Waals surface area contributed by atoms with Crippen LogP contribution in [0.15, 0.2) is 223 Å². The summed E-state index contributed by atoms with van der Waals surface area (Å²) in [5.74, 6) is 1.55. The van der Waals surface area contributed by atoms with Gasteiger partial charge in [0.25, 0.3) is 0 Å². The summed E-state index contributed by atoms with van der Waals surface area (Å²) in [7, 11) is -4.13. The molecule has 0 radical (unpaired) electrons. The molecular formula is C68H52O6P2. The SMILES string of the molecule is Cc1cc(-c2ccccc2)c2op(Oc3cccc4c3C3CCC4c4cccc(Op5oc6c(-c7ccccc7)cc(C)cc6c6cc(C)cc(-c7ccccc7)c6o5)c43)oc3c(-c4ccccc4)cc(C)cc3c2c1. The number of aryl methyl sites for hydroxylation is 4. The summed E-state index contributed by atoms with van der Waals surface area (Å²) < 4.78 is 43.5. The van der Waals surface area contributed by atoms with Crippen LogP contribution in [0.2, 0.25) is 0 Å². The van der Waals surface area contributed by atoms with Crippen LogP contribution in [0.4, 0.5) is 0 Å². The topological polar surface area (TPSA) is 71.0 Å². The highest BCUT2D eigenvalue weighted by Gasteiger charge is 2.42. The van der Waals surface area contributed by atoms with Crippen LogP contribution >= 0.6 is 16.5 Å². The zero-order valence-corrected chi connectivity index (χ0v) is 44.3. The van der Waals surface area contributed by atoms with Crippen molar-refractivity contribution in [3.8, 4) is 56.0 Å². The van der Waals surface area contributed by atoms with Gasteiger partial charge in [0.1, 0.15) is 11.5 Å². The lowest BCUT2D eigenvalue weighted by Gasteiger charge is -2.41. The fourth-order valence-corrected chi connectivity index (χ4v) is 14.3. The van der Waals surface area contributed by atoms with Crippen molar-refractivity contribution >= 4 is 60.4 Å². The van der Waals surface area contributed by atoms with Crippen molar-refractivity contribution in [2.45, 2.75) is 52.4 Å². The van der Waals surface area contributed by atoms with Gasteiger partial charge in [0.05, 0.1) is 0 Å². The lowest BCUT2D eigenvalue weighted by Crippen LogP contribution is -2.25. The van der Waals surface area contributed by atoms with Crippen molar-refractivity contribution < 1.29 is 25.8 Å². The predicted octanol–water partition coefficient (Wildman–Crippen LogP) is 20.9. The molecule has 3 aliphatic rings. The molecule has 0 saturated heterocycles. The average Bonchev–Trinajstić information content (AvgIpc) is 3.72. The molecular weight excluding hydrogens is 975 g/mol. The fourth-order valence-electron chi connectivity index (χ4n) is 12.1. The zero-order valence-electron chi connectivity index (χ0n) is 42.5. The fraction of sp³-hybridized carbons (Fsp3) is 0.118. The van der Waals surface area contributed by atoms with Crippen LogP contribution in [0.1, 0.15) is 69.2 Å². The first kappa shape index (κ1) is 46.2. The molecule has 0 unspecified atom stereocenters. The Balaban J connectivity index is 0.953. The first-order valence-corrected chi connectivity index (χ1v) is 28.2. The van der Waals surface area contributed by atoms with Crippen LogP contribution in [0.5, 0.6) is 11.5 Å². The maximum atomic E-state index is 7.31. The van der Waals surface area contributed by atoms with E-state index in [4.69, 9.17) is 25.8 Å². The third-order valence-corrected chi connectivity index (χ3v) is 17.3. The number of fused-ring (bicyclic) bond motifs is 7. The van der Waals surface area contributed by atoms with E-state index < -0.39 is 16.5 Å². The second-order valence-electron chi connectivity index (χ2n) is 20.4. The Morgan fingerprint density at radius 1 is 0.329 bits per heavy atom. The molecule has 0 spiro atoms. The van der Waals surface area contributed by atoms with E-state index in [1.807, 2.05) is 24.3 Å². The standard InChI is InChI=1S/C68H52O6P2/c1-41-33-53(45-19-9-5-10-20-45)65-57(37-41)58-38-42(2)34-54(46-21-11-6-12-22-46)66(58)72-75(71-65)69-61-29-17-27-50-49-31-32-52(63(50)61)64-51(49)28-18-30-62(64)70-76-73-67-55(47-23-13-7-14-24-47)35-43(3)39-59(67)60-40-44(4)36-56(68(60)74-76)48-25-15-8-16-26-48/h5-30,33-40,49,52H,31-32H2,1-4H3. The lowest BCUT2D eigenvalue weighted by molar-refractivity contribution is 0.452. The largest absolute Gasteiger partial charge is 0.453 e. The normalized spacial score (nSPS) is 14.5. The van der Waals surface area contributed by atoms with Gasteiger partial charge in [-0.05, 0) is 157 Å². The summed E-state index contributed by atoms with van der Waals surface area (Å²) in [5, 5.41) is 3.89. The molecule has 370 valence electrons. The van der Waals surface area contributed by atoms with Gasteiger partial charge in [-0.15, -0.1) is 0 Å². The van der Waals surface area contributed by atoms with Gasteiger partial charge in [-0.3, -0.25) is 0 Å². The molecule has 76 heavy (non-hydrogen) atoms. The van der Waals surface area contributed by atoms with E-state index in [2.05, 4.69) is 210 Å². The summed E-state index contributed by atoms with van der Waals surface area (Å²) in [6, 6.07) is 72.5. The molecule has 10 aromatic carbocycles. The Hall–Kier alpha value is -8.40. The first-order valence-electron chi connectivity index (χ1n) is 26.0. The highest BCUT2D eigenvalue weighted by atomic mass is 31.1. The second kappa shape index (κ2) is 18.8. The maximum absolute atomic E-state index is 7.31. The van der Waals surface area contributed by atoms with Crippen molar-refractivity contribution in [1.29, 1.82) is 0 Å². The smallest absolute Gasteiger partial charge is 0.390 e. The van der Waals surface area contributed by atoms with Crippen LogP contribution in [-0.2, 0) is 0 Å². The number of hydrogen-bond donors (Lipinski definition) is 0. The van der Waals surface area contributed by atoms with E-state index in [9.17, 15) is 0 Å². The zero-order chi connectivity index (χ0) is 51.0. The monoisotopic (exact) mass is 1030 g/mol. The third kappa shape index (κ3) is 8.03. The van der Waals surface area contributed by atoms with Crippen LogP contribution in [-0.4, -0.2) is 0 Å². The third-order valence-electron chi connectivity index (χ3n) is 15.3. The molecule has 0 aliphatic heterocycles. The molecule has 15 rings (SSSR count). The molecule has 0 amide bonds. The summed E-state index contributed by atoms with van der Waals surface area (Å²) in [5.41, 5.74) is 20.4. The quantitative estimate of drug-likeness (QED) is 0.151. The predicted molar refractivity (Wildman–Crippen MR) is 311 cm³/mol. The van der Waals surface area contributed by atoms with Gasteiger partial charge in [0.15, 0.2) is 22.3 Å².